The van der Waals surface area contributed by atoms with Crippen LogP contribution in [0.15, 0.2) is 35.1 Å². The lowest BCUT2D eigenvalue weighted by atomic mass is 10.1. The van der Waals surface area contributed by atoms with Crippen LogP contribution in [0.1, 0.15) is 15.9 Å². The van der Waals surface area contributed by atoms with Gasteiger partial charge in [-0.25, -0.2) is 4.39 Å². The Morgan fingerprint density at radius 2 is 2.24 bits per heavy atom. The van der Waals surface area contributed by atoms with E-state index in [1.807, 2.05) is 0 Å². The Bertz CT molecular complexity index is 545. The molecular weight excluding hydrogens is 287 g/mol. The molecule has 0 spiro atoms. The van der Waals surface area contributed by atoms with E-state index in [0.29, 0.717) is 10.0 Å². The van der Waals surface area contributed by atoms with Gasteiger partial charge in [0.05, 0.1) is 6.20 Å². The van der Waals surface area contributed by atoms with Gasteiger partial charge in [0.2, 0.25) is 0 Å². The largest absolute Gasteiger partial charge is 0.294 e. The van der Waals surface area contributed by atoms with Crippen molar-refractivity contribution in [3.05, 3.63) is 52.0 Å². The Morgan fingerprint density at radius 1 is 1.47 bits per heavy atom. The molecule has 0 aliphatic carbocycles. The van der Waals surface area contributed by atoms with Crippen molar-refractivity contribution in [3.63, 3.8) is 0 Å². The minimum atomic E-state index is -0.422. The quantitative estimate of drug-likeness (QED) is 0.817. The lowest BCUT2D eigenvalue weighted by molar-refractivity contribution is 0.0992. The number of benzene rings is 1. The standard InChI is InChI=1S/C12H10BrFN2O/c1-16-7-8(6-15-16)2-12(17)9-3-10(13)5-11(14)4-9/h3-7H,2H2,1H3. The summed E-state index contributed by atoms with van der Waals surface area (Å²) < 4.78 is 15.3. The maximum Gasteiger partial charge on any atom is 0.167 e. The molecule has 0 N–H and O–H groups in total. The van der Waals surface area contributed by atoms with Gasteiger partial charge in [-0.05, 0) is 23.8 Å². The molecule has 3 nitrogen and oxygen atoms in total. The molecule has 0 aliphatic heterocycles. The van der Waals surface area contributed by atoms with E-state index in [1.165, 1.54) is 12.1 Å². The molecule has 2 aromatic rings. The van der Waals surface area contributed by atoms with Gasteiger partial charge in [-0.15, -0.1) is 0 Å². The molecule has 0 amide bonds. The Balaban J connectivity index is 2.19. The average molecular weight is 297 g/mol. The summed E-state index contributed by atoms with van der Waals surface area (Å²) in [6, 6.07) is 4.17. The van der Waals surface area contributed by atoms with Crippen LogP contribution in [0.3, 0.4) is 0 Å². The smallest absolute Gasteiger partial charge is 0.167 e. The number of rotatable bonds is 3. The van der Waals surface area contributed by atoms with Crippen LogP contribution in [-0.4, -0.2) is 15.6 Å². The molecule has 0 radical (unpaired) electrons. The highest BCUT2D eigenvalue weighted by Crippen LogP contribution is 2.16. The van der Waals surface area contributed by atoms with E-state index >= 15 is 0 Å². The summed E-state index contributed by atoms with van der Waals surface area (Å²) in [5.74, 6) is -0.549. The first-order valence-corrected chi connectivity index (χ1v) is 5.81. The zero-order chi connectivity index (χ0) is 12.4. The van der Waals surface area contributed by atoms with Crippen LogP contribution < -0.4 is 0 Å². The van der Waals surface area contributed by atoms with Crippen molar-refractivity contribution in [2.45, 2.75) is 6.42 Å². The number of ketones is 1. The maximum absolute atomic E-state index is 13.1. The molecular formula is C12H10BrFN2O. The number of Topliss-reactive ketones (excluding diaryl/α,β-unsaturated/α-hetero) is 1. The molecule has 5 heteroatoms. The molecule has 17 heavy (non-hydrogen) atoms. The monoisotopic (exact) mass is 296 g/mol. The maximum atomic E-state index is 13.1. The highest BCUT2D eigenvalue weighted by Gasteiger charge is 2.10. The van der Waals surface area contributed by atoms with E-state index in [9.17, 15) is 9.18 Å². The van der Waals surface area contributed by atoms with Crippen molar-refractivity contribution in [1.29, 1.82) is 0 Å². The topological polar surface area (TPSA) is 34.9 Å². The van der Waals surface area contributed by atoms with Gasteiger partial charge in [0.1, 0.15) is 5.82 Å². The summed E-state index contributed by atoms with van der Waals surface area (Å²) >= 11 is 3.16. The fourth-order valence-electron chi connectivity index (χ4n) is 1.57. The van der Waals surface area contributed by atoms with Crippen LogP contribution in [0.25, 0.3) is 0 Å². The van der Waals surface area contributed by atoms with Gasteiger partial charge in [-0.1, -0.05) is 15.9 Å². The van der Waals surface area contributed by atoms with Crippen molar-refractivity contribution in [2.75, 3.05) is 0 Å². The number of hydrogen-bond acceptors (Lipinski definition) is 2. The highest BCUT2D eigenvalue weighted by atomic mass is 79.9. The molecule has 2 rings (SSSR count). The van der Waals surface area contributed by atoms with Gasteiger partial charge >= 0.3 is 0 Å². The predicted molar refractivity (Wildman–Crippen MR) is 65.3 cm³/mol. The molecule has 0 saturated carbocycles. The molecule has 0 saturated heterocycles. The van der Waals surface area contributed by atoms with Gasteiger partial charge in [0.25, 0.3) is 0 Å². The first-order valence-electron chi connectivity index (χ1n) is 5.01. The number of aryl methyl sites for hydroxylation is 1. The van der Waals surface area contributed by atoms with Crippen LogP contribution in [-0.2, 0) is 13.5 Å². The fourth-order valence-corrected chi connectivity index (χ4v) is 2.03. The third kappa shape index (κ3) is 3.00. The minimum absolute atomic E-state index is 0.127. The summed E-state index contributed by atoms with van der Waals surface area (Å²) in [6.07, 6.45) is 3.63. The normalized spacial score (nSPS) is 10.5. The second kappa shape index (κ2) is 4.79. The van der Waals surface area contributed by atoms with Crippen LogP contribution in [0.2, 0.25) is 0 Å². The molecule has 0 bridgehead atoms. The zero-order valence-corrected chi connectivity index (χ0v) is 10.7. The van der Waals surface area contributed by atoms with Gasteiger partial charge in [0.15, 0.2) is 5.78 Å². The van der Waals surface area contributed by atoms with Gasteiger partial charge in [-0.2, -0.15) is 5.10 Å². The van der Waals surface area contributed by atoms with E-state index in [4.69, 9.17) is 0 Å². The first-order chi connectivity index (χ1) is 8.04. The molecule has 88 valence electrons. The SMILES string of the molecule is Cn1cc(CC(=O)c2cc(F)cc(Br)c2)cn1. The predicted octanol–water partition coefficient (Wildman–Crippen LogP) is 2.75. The minimum Gasteiger partial charge on any atom is -0.294 e. The van der Waals surface area contributed by atoms with E-state index in [2.05, 4.69) is 21.0 Å². The number of carbonyl (C=O) groups is 1. The van der Waals surface area contributed by atoms with Crippen LogP contribution in [0, 0.1) is 5.82 Å². The van der Waals surface area contributed by atoms with E-state index in [-0.39, 0.29) is 12.2 Å². The van der Waals surface area contributed by atoms with Crippen molar-refractivity contribution >= 4 is 21.7 Å². The third-order valence-electron chi connectivity index (χ3n) is 2.31. The summed E-state index contributed by atoms with van der Waals surface area (Å²) in [7, 11) is 1.78. The lowest BCUT2D eigenvalue weighted by Crippen LogP contribution is -2.03. The molecule has 0 unspecified atom stereocenters. The van der Waals surface area contributed by atoms with E-state index in [1.54, 1.807) is 30.2 Å². The van der Waals surface area contributed by atoms with Crippen LogP contribution >= 0.6 is 15.9 Å². The zero-order valence-electron chi connectivity index (χ0n) is 9.15. The van der Waals surface area contributed by atoms with Crippen molar-refractivity contribution in [3.8, 4) is 0 Å². The van der Waals surface area contributed by atoms with Crippen molar-refractivity contribution in [1.82, 2.24) is 9.78 Å². The highest BCUT2D eigenvalue weighted by molar-refractivity contribution is 9.10. The van der Waals surface area contributed by atoms with E-state index < -0.39 is 5.82 Å². The summed E-state index contributed by atoms with van der Waals surface area (Å²) in [4.78, 5) is 11.9. The number of nitrogens with zero attached hydrogens (tertiary/aromatic N) is 2. The fraction of sp³-hybridized carbons (Fsp3) is 0.167. The number of halogens is 2. The Morgan fingerprint density at radius 3 is 2.82 bits per heavy atom. The number of carbonyl (C=O) groups excluding carboxylic acids is 1. The summed E-state index contributed by atoms with van der Waals surface area (Å²) in [6.45, 7) is 0. The van der Waals surface area contributed by atoms with Crippen molar-refractivity contribution in [2.24, 2.45) is 7.05 Å². The van der Waals surface area contributed by atoms with Gasteiger partial charge < -0.3 is 0 Å². The van der Waals surface area contributed by atoms with E-state index in [0.717, 1.165) is 5.56 Å². The van der Waals surface area contributed by atoms with Crippen LogP contribution in [0.4, 0.5) is 4.39 Å². The first kappa shape index (κ1) is 12.0. The summed E-state index contributed by atoms with van der Waals surface area (Å²) in [5.41, 5.74) is 1.18. The number of aromatic nitrogens is 2. The second-order valence-corrected chi connectivity index (χ2v) is 4.70. The molecule has 1 heterocycles. The molecule has 1 aromatic carbocycles. The Kier molecular flexibility index (Phi) is 3.38. The molecule has 0 fully saturated rings. The average Bonchev–Trinajstić information content (AvgIpc) is 2.62. The Hall–Kier alpha value is -1.49. The number of hydrogen-bond donors (Lipinski definition) is 0. The lowest BCUT2D eigenvalue weighted by Gasteiger charge is -2.00. The molecule has 0 atom stereocenters. The third-order valence-corrected chi connectivity index (χ3v) is 2.77. The molecule has 0 aliphatic rings. The Labute approximate surface area is 106 Å². The van der Waals surface area contributed by atoms with Gasteiger partial charge in [0, 0.05) is 29.7 Å². The summed E-state index contributed by atoms with van der Waals surface area (Å²) in [5, 5.41) is 3.98. The second-order valence-electron chi connectivity index (χ2n) is 3.78. The van der Waals surface area contributed by atoms with Crippen LogP contribution in [0.5, 0.6) is 0 Å². The van der Waals surface area contributed by atoms with Gasteiger partial charge in [-0.3, -0.25) is 9.48 Å². The van der Waals surface area contributed by atoms with Crippen molar-refractivity contribution < 1.29 is 9.18 Å². The molecule has 1 aromatic heterocycles.